The average Bonchev–Trinajstić information content (AvgIpc) is 2.54. The van der Waals surface area contributed by atoms with E-state index in [1.165, 1.54) is 0 Å². The maximum atomic E-state index is 12.7. The van der Waals surface area contributed by atoms with E-state index in [4.69, 9.17) is 4.74 Å². The molecule has 0 unspecified atom stereocenters. The summed E-state index contributed by atoms with van der Waals surface area (Å²) in [5, 5.41) is 3.11. The molecule has 0 saturated heterocycles. The first-order valence-corrected chi connectivity index (χ1v) is 8.57. The van der Waals surface area contributed by atoms with Crippen molar-refractivity contribution in [2.45, 2.75) is 45.1 Å². The minimum absolute atomic E-state index is 0.0276. The zero-order chi connectivity index (χ0) is 16.4. The third-order valence-electron chi connectivity index (χ3n) is 5.38. The first-order valence-electron chi connectivity index (χ1n) is 8.57. The summed E-state index contributed by atoms with van der Waals surface area (Å²) in [6.07, 6.45) is 4.50. The normalized spacial score (nSPS) is 28.1. The summed E-state index contributed by atoms with van der Waals surface area (Å²) in [6.45, 7) is 1.98. The van der Waals surface area contributed by atoms with E-state index in [1.807, 2.05) is 31.2 Å². The van der Waals surface area contributed by atoms with E-state index >= 15 is 0 Å². The number of hydrogen-bond donors (Lipinski definition) is 1. The number of carbonyl (C=O) groups excluding carboxylic acids is 2. The van der Waals surface area contributed by atoms with Gasteiger partial charge in [-0.1, -0.05) is 24.6 Å². The minimum Gasteiger partial charge on any atom is -0.496 e. The van der Waals surface area contributed by atoms with Crippen LogP contribution in [0.2, 0.25) is 0 Å². The Morgan fingerprint density at radius 2 is 1.87 bits per heavy atom. The number of rotatable bonds is 4. The third kappa shape index (κ3) is 3.26. The number of carbonyl (C=O) groups is 2. The molecule has 1 N–H and O–H groups in total. The van der Waals surface area contributed by atoms with Crippen molar-refractivity contribution in [2.24, 2.45) is 17.8 Å². The minimum atomic E-state index is -0.101. The van der Waals surface area contributed by atoms with Gasteiger partial charge in [0.1, 0.15) is 11.5 Å². The van der Waals surface area contributed by atoms with Crippen LogP contribution in [0.25, 0.3) is 0 Å². The Morgan fingerprint density at radius 1 is 1.22 bits per heavy atom. The summed E-state index contributed by atoms with van der Waals surface area (Å²) in [4.78, 5) is 24.8. The molecule has 2 bridgehead atoms. The fourth-order valence-electron chi connectivity index (χ4n) is 4.13. The summed E-state index contributed by atoms with van der Waals surface area (Å²) < 4.78 is 5.37. The lowest BCUT2D eigenvalue weighted by molar-refractivity contribution is -0.137. The molecule has 0 heterocycles. The molecule has 4 heteroatoms. The lowest BCUT2D eigenvalue weighted by Gasteiger charge is -2.37. The molecule has 3 atom stereocenters. The molecular weight excluding hydrogens is 290 g/mol. The van der Waals surface area contributed by atoms with Crippen LogP contribution in [0.5, 0.6) is 5.75 Å². The molecule has 3 rings (SSSR count). The van der Waals surface area contributed by atoms with Gasteiger partial charge in [-0.25, -0.2) is 0 Å². The Hall–Kier alpha value is -1.84. The van der Waals surface area contributed by atoms with E-state index < -0.39 is 0 Å². The number of fused-ring (bicyclic) bond motifs is 2. The largest absolute Gasteiger partial charge is 0.496 e. The van der Waals surface area contributed by atoms with Gasteiger partial charge in [0.15, 0.2) is 0 Å². The maximum Gasteiger partial charge on any atom is 0.223 e. The Morgan fingerprint density at radius 3 is 2.52 bits per heavy atom. The number of methoxy groups -OCH3 is 1. The highest BCUT2D eigenvalue weighted by molar-refractivity contribution is 5.88. The lowest BCUT2D eigenvalue weighted by Crippen LogP contribution is -2.43. The quantitative estimate of drug-likeness (QED) is 0.928. The number of Topliss-reactive ketones (excluding diaryl/α,β-unsaturated/α-hetero) is 1. The van der Waals surface area contributed by atoms with E-state index in [1.54, 1.807) is 7.11 Å². The molecule has 1 aromatic carbocycles. The number of benzene rings is 1. The van der Waals surface area contributed by atoms with Gasteiger partial charge in [0.25, 0.3) is 0 Å². The van der Waals surface area contributed by atoms with Gasteiger partial charge in [-0.05, 0) is 38.7 Å². The number of amides is 1. The molecule has 0 aliphatic heterocycles. The van der Waals surface area contributed by atoms with Gasteiger partial charge in [0.05, 0.1) is 13.2 Å². The molecule has 4 nitrogen and oxygen atoms in total. The van der Waals surface area contributed by atoms with Gasteiger partial charge in [-0.3, -0.25) is 9.59 Å². The predicted molar refractivity (Wildman–Crippen MR) is 88.1 cm³/mol. The molecule has 2 aliphatic carbocycles. The molecule has 1 amide bonds. The van der Waals surface area contributed by atoms with Crippen LogP contribution < -0.4 is 10.1 Å². The first kappa shape index (κ1) is 16.0. The number of nitrogens with one attached hydrogen (secondary N) is 1. The van der Waals surface area contributed by atoms with Gasteiger partial charge >= 0.3 is 0 Å². The number of para-hydroxylation sites is 1. The number of ether oxygens (including phenoxy) is 1. The Bertz CT molecular complexity index is 582. The van der Waals surface area contributed by atoms with Crippen molar-refractivity contribution in [1.82, 2.24) is 5.32 Å². The van der Waals surface area contributed by atoms with Crippen molar-refractivity contribution < 1.29 is 14.3 Å². The average molecular weight is 315 g/mol. The molecule has 124 valence electrons. The van der Waals surface area contributed by atoms with Gasteiger partial charge in [-0.2, -0.15) is 0 Å². The Balaban J connectivity index is 1.66. The second-order valence-electron chi connectivity index (χ2n) is 6.87. The summed E-state index contributed by atoms with van der Waals surface area (Å²) in [5.41, 5.74) is 0.982. The van der Waals surface area contributed by atoms with Crippen molar-refractivity contribution in [1.29, 1.82) is 0 Å². The van der Waals surface area contributed by atoms with Crippen molar-refractivity contribution >= 4 is 11.7 Å². The van der Waals surface area contributed by atoms with E-state index in [2.05, 4.69) is 5.32 Å². The topological polar surface area (TPSA) is 55.4 Å². The summed E-state index contributed by atoms with van der Waals surface area (Å²) >= 11 is 0. The van der Waals surface area contributed by atoms with E-state index in [-0.39, 0.29) is 29.7 Å². The van der Waals surface area contributed by atoms with Crippen LogP contribution in [0, 0.1) is 17.8 Å². The third-order valence-corrected chi connectivity index (χ3v) is 5.38. The second-order valence-corrected chi connectivity index (χ2v) is 6.87. The zero-order valence-electron chi connectivity index (χ0n) is 13.9. The molecule has 0 spiro atoms. The van der Waals surface area contributed by atoms with Gasteiger partial charge < -0.3 is 10.1 Å². The molecule has 1 aromatic rings. The molecule has 2 fully saturated rings. The van der Waals surface area contributed by atoms with Gasteiger partial charge in [0.2, 0.25) is 5.91 Å². The number of ketones is 1. The van der Waals surface area contributed by atoms with Crippen LogP contribution in [0.3, 0.4) is 0 Å². The lowest BCUT2D eigenvalue weighted by atomic mass is 9.67. The molecule has 0 aromatic heterocycles. The summed E-state index contributed by atoms with van der Waals surface area (Å²) in [6, 6.07) is 7.65. The van der Waals surface area contributed by atoms with Crippen LogP contribution in [-0.2, 0) is 9.59 Å². The van der Waals surface area contributed by atoms with Gasteiger partial charge in [-0.15, -0.1) is 0 Å². The second kappa shape index (κ2) is 6.73. The van der Waals surface area contributed by atoms with E-state index in [9.17, 15) is 9.59 Å². The predicted octanol–water partition coefficient (Wildman–Crippen LogP) is 3.27. The smallest absolute Gasteiger partial charge is 0.223 e. The van der Waals surface area contributed by atoms with Crippen LogP contribution in [0.15, 0.2) is 24.3 Å². The molecule has 2 aliphatic rings. The molecule has 23 heavy (non-hydrogen) atoms. The highest BCUT2D eigenvalue weighted by Gasteiger charge is 2.41. The van der Waals surface area contributed by atoms with Crippen LogP contribution in [-0.4, -0.2) is 18.8 Å². The monoisotopic (exact) mass is 315 g/mol. The molecule has 2 saturated carbocycles. The Kier molecular flexibility index (Phi) is 4.69. The van der Waals surface area contributed by atoms with Crippen molar-refractivity contribution in [3.63, 3.8) is 0 Å². The summed E-state index contributed by atoms with van der Waals surface area (Å²) in [5.74, 6) is 1.46. The molecular formula is C19H25NO3. The van der Waals surface area contributed by atoms with Gasteiger partial charge in [0, 0.05) is 23.3 Å². The maximum absolute atomic E-state index is 12.7. The van der Waals surface area contributed by atoms with Crippen LogP contribution >= 0.6 is 0 Å². The zero-order valence-corrected chi connectivity index (χ0v) is 13.9. The standard InChI is InChI=1S/C19H25NO3/c1-12(16-8-3-4-9-17(16)23-2)20-19(22)15-10-13-6-5-7-14(11-15)18(13)21/h3-4,8-9,12-15H,5-7,10-11H2,1-2H3,(H,20,22)/t12-,13+,14+/m1/s1. The highest BCUT2D eigenvalue weighted by Crippen LogP contribution is 2.40. The fourth-order valence-corrected chi connectivity index (χ4v) is 4.13. The highest BCUT2D eigenvalue weighted by atomic mass is 16.5. The SMILES string of the molecule is COc1ccccc1[C@@H](C)NC(=O)C1C[C@@H]2CCC[C@@H](C1)C2=O. The fraction of sp³-hybridized carbons (Fsp3) is 0.579. The van der Waals surface area contributed by atoms with Crippen LogP contribution in [0.4, 0.5) is 0 Å². The van der Waals surface area contributed by atoms with Crippen LogP contribution in [0.1, 0.15) is 50.6 Å². The van der Waals surface area contributed by atoms with Crippen molar-refractivity contribution in [3.8, 4) is 5.75 Å². The molecule has 0 radical (unpaired) electrons. The first-order chi connectivity index (χ1) is 11.1. The summed E-state index contributed by atoms with van der Waals surface area (Å²) in [7, 11) is 1.64. The van der Waals surface area contributed by atoms with E-state index in [0.29, 0.717) is 5.78 Å². The number of hydrogen-bond acceptors (Lipinski definition) is 3. The Labute approximate surface area is 137 Å². The van der Waals surface area contributed by atoms with E-state index in [0.717, 1.165) is 43.4 Å². The van der Waals surface area contributed by atoms with Crippen molar-refractivity contribution in [2.75, 3.05) is 7.11 Å². The van der Waals surface area contributed by atoms with Crippen molar-refractivity contribution in [3.05, 3.63) is 29.8 Å².